The van der Waals surface area contributed by atoms with E-state index in [2.05, 4.69) is 56.1 Å². The number of nitrogens with zero attached hydrogens (tertiary/aromatic N) is 3. The van der Waals surface area contributed by atoms with E-state index < -0.39 is 0 Å². The highest BCUT2D eigenvalue weighted by atomic mass is 15.3. The number of aromatic nitrogens is 2. The van der Waals surface area contributed by atoms with Crippen molar-refractivity contribution in [1.29, 1.82) is 0 Å². The summed E-state index contributed by atoms with van der Waals surface area (Å²) in [6, 6.07) is 3.21. The Morgan fingerprint density at radius 3 is 2.67 bits per heavy atom. The normalized spacial score (nSPS) is 26.0. The molecule has 0 amide bonds. The van der Waals surface area contributed by atoms with Gasteiger partial charge < -0.3 is 5.32 Å². The van der Waals surface area contributed by atoms with E-state index in [-0.39, 0.29) is 0 Å². The van der Waals surface area contributed by atoms with E-state index in [1.807, 2.05) is 16.9 Å². The lowest BCUT2D eigenvalue weighted by molar-refractivity contribution is 0.0407. The lowest BCUT2D eigenvalue weighted by Crippen LogP contribution is -2.62. The van der Waals surface area contributed by atoms with Crippen LogP contribution >= 0.6 is 0 Å². The van der Waals surface area contributed by atoms with Crippen LogP contribution in [0.4, 0.5) is 0 Å². The van der Waals surface area contributed by atoms with E-state index in [0.717, 1.165) is 32.1 Å². The topological polar surface area (TPSA) is 33.1 Å². The van der Waals surface area contributed by atoms with Gasteiger partial charge in [0.2, 0.25) is 0 Å². The van der Waals surface area contributed by atoms with Crippen LogP contribution in [0.2, 0.25) is 0 Å². The predicted molar refractivity (Wildman–Crippen MR) is 88.3 cm³/mol. The van der Waals surface area contributed by atoms with Crippen LogP contribution in [0.5, 0.6) is 0 Å². The van der Waals surface area contributed by atoms with Crippen LogP contribution in [0.25, 0.3) is 0 Å². The summed E-state index contributed by atoms with van der Waals surface area (Å²) in [7, 11) is 0. The van der Waals surface area contributed by atoms with Crippen LogP contribution in [0, 0.1) is 11.3 Å². The first kappa shape index (κ1) is 16.5. The van der Waals surface area contributed by atoms with Gasteiger partial charge in [-0.2, -0.15) is 5.10 Å². The van der Waals surface area contributed by atoms with Crippen molar-refractivity contribution in [2.24, 2.45) is 11.3 Å². The lowest BCUT2D eigenvalue weighted by atomic mass is 9.82. The van der Waals surface area contributed by atoms with Crippen molar-refractivity contribution in [2.75, 3.05) is 19.6 Å². The Balaban J connectivity index is 2.01. The summed E-state index contributed by atoms with van der Waals surface area (Å²) in [5, 5.41) is 8.12. The standard InChI is InChI=1S/C17H32N4/c1-6-14(2)15-13-20(10-11-21-9-7-8-19-21)16(12-18-15)17(3,4)5/h7-9,14-16,18H,6,10-13H2,1-5H3. The molecule has 0 bridgehead atoms. The second-order valence-electron chi connectivity index (χ2n) is 7.55. The van der Waals surface area contributed by atoms with Crippen molar-refractivity contribution in [3.63, 3.8) is 0 Å². The number of piperazine rings is 1. The summed E-state index contributed by atoms with van der Waals surface area (Å²) < 4.78 is 2.04. The van der Waals surface area contributed by atoms with E-state index in [4.69, 9.17) is 0 Å². The molecule has 0 radical (unpaired) electrons. The molecule has 2 rings (SSSR count). The Morgan fingerprint density at radius 2 is 2.10 bits per heavy atom. The third kappa shape index (κ3) is 4.30. The van der Waals surface area contributed by atoms with Crippen LogP contribution < -0.4 is 5.32 Å². The third-order valence-electron chi connectivity index (χ3n) is 4.95. The molecule has 21 heavy (non-hydrogen) atoms. The first-order chi connectivity index (χ1) is 9.91. The van der Waals surface area contributed by atoms with Gasteiger partial charge in [0.1, 0.15) is 0 Å². The fourth-order valence-corrected chi connectivity index (χ4v) is 3.27. The van der Waals surface area contributed by atoms with Crippen molar-refractivity contribution in [3.05, 3.63) is 18.5 Å². The average Bonchev–Trinajstić information content (AvgIpc) is 2.96. The maximum atomic E-state index is 4.33. The van der Waals surface area contributed by atoms with Crippen molar-refractivity contribution >= 4 is 0 Å². The molecule has 0 saturated carbocycles. The first-order valence-corrected chi connectivity index (χ1v) is 8.36. The molecule has 1 aliphatic heterocycles. The van der Waals surface area contributed by atoms with Gasteiger partial charge in [-0.15, -0.1) is 0 Å². The highest BCUT2D eigenvalue weighted by molar-refractivity contribution is 4.93. The molecule has 2 heterocycles. The van der Waals surface area contributed by atoms with Gasteiger partial charge in [0.15, 0.2) is 0 Å². The molecule has 1 saturated heterocycles. The van der Waals surface area contributed by atoms with Gasteiger partial charge >= 0.3 is 0 Å². The summed E-state index contributed by atoms with van der Waals surface area (Å²) >= 11 is 0. The van der Waals surface area contributed by atoms with Crippen LogP contribution in [0.15, 0.2) is 18.5 Å². The van der Waals surface area contributed by atoms with E-state index in [0.29, 0.717) is 17.5 Å². The quantitative estimate of drug-likeness (QED) is 0.905. The number of rotatable bonds is 5. The summed E-state index contributed by atoms with van der Waals surface area (Å²) in [6.07, 6.45) is 5.16. The van der Waals surface area contributed by atoms with Gasteiger partial charge in [0.25, 0.3) is 0 Å². The maximum Gasteiger partial charge on any atom is 0.0536 e. The third-order valence-corrected chi connectivity index (χ3v) is 4.95. The van der Waals surface area contributed by atoms with Gasteiger partial charge in [-0.25, -0.2) is 0 Å². The largest absolute Gasteiger partial charge is 0.311 e. The SMILES string of the molecule is CCC(C)C1CN(CCn2cccn2)C(C(C)(C)C)CN1. The van der Waals surface area contributed by atoms with Crippen molar-refractivity contribution in [2.45, 2.75) is 59.7 Å². The molecular weight excluding hydrogens is 260 g/mol. The van der Waals surface area contributed by atoms with E-state index >= 15 is 0 Å². The van der Waals surface area contributed by atoms with E-state index in [9.17, 15) is 0 Å². The Kier molecular flexibility index (Phi) is 5.44. The van der Waals surface area contributed by atoms with Crippen LogP contribution in [0.1, 0.15) is 41.0 Å². The van der Waals surface area contributed by atoms with Crippen LogP contribution in [-0.4, -0.2) is 46.4 Å². The van der Waals surface area contributed by atoms with Crippen LogP contribution in [0.3, 0.4) is 0 Å². The monoisotopic (exact) mass is 292 g/mol. The molecule has 120 valence electrons. The molecule has 1 aromatic rings. The zero-order valence-electron chi connectivity index (χ0n) is 14.3. The molecule has 1 aromatic heterocycles. The number of hydrogen-bond acceptors (Lipinski definition) is 3. The van der Waals surface area contributed by atoms with Gasteiger partial charge in [-0.1, -0.05) is 41.0 Å². The minimum Gasteiger partial charge on any atom is -0.311 e. The predicted octanol–water partition coefficient (Wildman–Crippen LogP) is 2.62. The van der Waals surface area contributed by atoms with Gasteiger partial charge in [0, 0.05) is 44.1 Å². The molecule has 1 fully saturated rings. The molecule has 0 aliphatic carbocycles. The van der Waals surface area contributed by atoms with E-state index in [1.54, 1.807) is 0 Å². The zero-order valence-corrected chi connectivity index (χ0v) is 14.3. The highest BCUT2D eigenvalue weighted by Crippen LogP contribution is 2.28. The minimum absolute atomic E-state index is 0.303. The van der Waals surface area contributed by atoms with Crippen molar-refractivity contribution in [1.82, 2.24) is 20.0 Å². The van der Waals surface area contributed by atoms with Crippen molar-refractivity contribution in [3.8, 4) is 0 Å². The molecule has 3 unspecified atom stereocenters. The summed E-state index contributed by atoms with van der Waals surface area (Å²) in [5.74, 6) is 0.734. The lowest BCUT2D eigenvalue weighted by Gasteiger charge is -2.47. The second-order valence-corrected chi connectivity index (χ2v) is 7.55. The van der Waals surface area contributed by atoms with E-state index in [1.165, 1.54) is 6.42 Å². The average molecular weight is 292 g/mol. The second kappa shape index (κ2) is 6.93. The smallest absolute Gasteiger partial charge is 0.0536 e. The summed E-state index contributed by atoms with van der Waals surface area (Å²) in [4.78, 5) is 2.68. The number of hydrogen-bond donors (Lipinski definition) is 1. The maximum absolute atomic E-state index is 4.33. The Bertz CT molecular complexity index is 407. The Hall–Kier alpha value is -0.870. The molecule has 1 N–H and O–H groups in total. The molecule has 4 heteroatoms. The van der Waals surface area contributed by atoms with Gasteiger partial charge in [-0.05, 0) is 17.4 Å². The van der Waals surface area contributed by atoms with Crippen LogP contribution in [-0.2, 0) is 6.54 Å². The first-order valence-electron chi connectivity index (χ1n) is 8.36. The highest BCUT2D eigenvalue weighted by Gasteiger charge is 2.36. The number of nitrogens with one attached hydrogen (secondary N) is 1. The summed E-state index contributed by atoms with van der Waals surface area (Å²) in [5.41, 5.74) is 0.303. The summed E-state index contributed by atoms with van der Waals surface area (Å²) in [6.45, 7) is 16.0. The fourth-order valence-electron chi connectivity index (χ4n) is 3.27. The molecule has 3 atom stereocenters. The molecular formula is C17H32N4. The van der Waals surface area contributed by atoms with Gasteiger partial charge in [-0.3, -0.25) is 9.58 Å². The Morgan fingerprint density at radius 1 is 1.33 bits per heavy atom. The molecule has 4 nitrogen and oxygen atoms in total. The molecule has 0 aromatic carbocycles. The molecule has 0 spiro atoms. The zero-order chi connectivity index (χ0) is 15.5. The Labute approximate surface area is 129 Å². The van der Waals surface area contributed by atoms with Gasteiger partial charge in [0.05, 0.1) is 6.54 Å². The fraction of sp³-hybridized carbons (Fsp3) is 0.824. The van der Waals surface area contributed by atoms with Crippen molar-refractivity contribution < 1.29 is 0 Å². The molecule has 1 aliphatic rings. The minimum atomic E-state index is 0.303.